The molecule has 0 aliphatic rings. The fourth-order valence-electron chi connectivity index (χ4n) is 3.33. The Morgan fingerprint density at radius 1 is 1.32 bits per heavy atom. The smallest absolute Gasteiger partial charge is 0.256 e. The van der Waals surface area contributed by atoms with Crippen LogP contribution in [0, 0.1) is 13.8 Å². The van der Waals surface area contributed by atoms with E-state index in [4.69, 9.17) is 9.47 Å². The molecule has 28 heavy (non-hydrogen) atoms. The van der Waals surface area contributed by atoms with Crippen LogP contribution in [0.15, 0.2) is 29.2 Å². The lowest BCUT2D eigenvalue weighted by molar-refractivity contribution is 0.0951. The van der Waals surface area contributed by atoms with Gasteiger partial charge < -0.3 is 24.3 Å². The quantitative estimate of drug-likeness (QED) is 0.649. The number of hydrogen-bond acceptors (Lipinski definition) is 5. The highest BCUT2D eigenvalue weighted by atomic mass is 16.5. The Morgan fingerprint density at radius 3 is 2.82 bits per heavy atom. The second kappa shape index (κ2) is 8.26. The SMILES string of the molecule is COCCn1c(C)c(C(=O)NCc2c(OC)cc(C)[nH]c2=O)c2cccnc21. The molecule has 8 heteroatoms. The zero-order valence-corrected chi connectivity index (χ0v) is 16.5. The van der Waals surface area contributed by atoms with Gasteiger partial charge in [-0.05, 0) is 32.0 Å². The van der Waals surface area contributed by atoms with Gasteiger partial charge in [0.2, 0.25) is 0 Å². The number of fused-ring (bicyclic) bond motifs is 1. The van der Waals surface area contributed by atoms with Gasteiger partial charge in [-0.1, -0.05) is 0 Å². The summed E-state index contributed by atoms with van der Waals surface area (Å²) in [5.74, 6) is 0.177. The standard InChI is InChI=1S/C20H24N4O4/c1-12-10-16(28-4)15(19(25)23-12)11-22-20(26)17-13(2)24(8-9-27-3)18-14(17)6-5-7-21-18/h5-7,10H,8-9,11H2,1-4H3,(H,22,26)(H,23,25). The van der Waals surface area contributed by atoms with Gasteiger partial charge in [0.1, 0.15) is 11.4 Å². The Morgan fingerprint density at radius 2 is 2.11 bits per heavy atom. The predicted octanol–water partition coefficient (Wildman–Crippen LogP) is 1.93. The van der Waals surface area contributed by atoms with Crippen molar-refractivity contribution in [3.63, 3.8) is 0 Å². The van der Waals surface area contributed by atoms with E-state index in [0.717, 1.165) is 16.7 Å². The highest BCUT2D eigenvalue weighted by Crippen LogP contribution is 2.24. The summed E-state index contributed by atoms with van der Waals surface area (Å²) in [6.45, 7) is 4.82. The van der Waals surface area contributed by atoms with Gasteiger partial charge in [0.05, 0.1) is 31.4 Å². The number of aryl methyl sites for hydroxylation is 1. The van der Waals surface area contributed by atoms with Crippen LogP contribution in [0.1, 0.15) is 27.3 Å². The summed E-state index contributed by atoms with van der Waals surface area (Å²) < 4.78 is 12.4. The van der Waals surface area contributed by atoms with Crippen LogP contribution in [-0.4, -0.2) is 41.3 Å². The molecule has 0 spiro atoms. The topological polar surface area (TPSA) is 98.2 Å². The largest absolute Gasteiger partial charge is 0.496 e. The maximum Gasteiger partial charge on any atom is 0.256 e. The number of H-pyrrole nitrogens is 1. The fourth-order valence-corrected chi connectivity index (χ4v) is 3.33. The minimum absolute atomic E-state index is 0.0576. The number of pyridine rings is 2. The third-order valence-electron chi connectivity index (χ3n) is 4.70. The summed E-state index contributed by atoms with van der Waals surface area (Å²) in [5.41, 5.74) is 2.86. The molecule has 148 valence electrons. The lowest BCUT2D eigenvalue weighted by Crippen LogP contribution is -2.28. The molecule has 0 saturated heterocycles. The molecule has 3 heterocycles. The second-order valence-electron chi connectivity index (χ2n) is 6.49. The van der Waals surface area contributed by atoms with Crippen molar-refractivity contribution in [2.45, 2.75) is 26.9 Å². The van der Waals surface area contributed by atoms with Crippen molar-refractivity contribution in [3.05, 3.63) is 57.3 Å². The van der Waals surface area contributed by atoms with Crippen LogP contribution in [-0.2, 0) is 17.8 Å². The van der Waals surface area contributed by atoms with Gasteiger partial charge in [-0.15, -0.1) is 0 Å². The molecule has 3 aromatic rings. The number of amides is 1. The van der Waals surface area contributed by atoms with Crippen LogP contribution in [0.3, 0.4) is 0 Å². The second-order valence-corrected chi connectivity index (χ2v) is 6.49. The Labute approximate surface area is 162 Å². The van der Waals surface area contributed by atoms with Crippen LogP contribution in [0.25, 0.3) is 11.0 Å². The molecule has 8 nitrogen and oxygen atoms in total. The number of carbonyl (C=O) groups excluding carboxylic acids is 1. The molecule has 0 aromatic carbocycles. The van der Waals surface area contributed by atoms with E-state index in [-0.39, 0.29) is 18.0 Å². The van der Waals surface area contributed by atoms with Crippen molar-refractivity contribution in [1.29, 1.82) is 0 Å². The first kappa shape index (κ1) is 19.6. The van der Waals surface area contributed by atoms with Crippen molar-refractivity contribution in [2.75, 3.05) is 20.8 Å². The van der Waals surface area contributed by atoms with Gasteiger partial charge in [0.15, 0.2) is 0 Å². The number of rotatable bonds is 7. The van der Waals surface area contributed by atoms with E-state index in [0.29, 0.717) is 35.7 Å². The van der Waals surface area contributed by atoms with Gasteiger partial charge in [0.25, 0.3) is 11.5 Å². The lowest BCUT2D eigenvalue weighted by atomic mass is 10.1. The van der Waals surface area contributed by atoms with Gasteiger partial charge in [-0.25, -0.2) is 4.98 Å². The summed E-state index contributed by atoms with van der Waals surface area (Å²) >= 11 is 0. The average Bonchev–Trinajstić information content (AvgIpc) is 2.96. The average molecular weight is 384 g/mol. The molecule has 0 bridgehead atoms. The molecule has 0 radical (unpaired) electrons. The Bertz CT molecular complexity index is 1070. The van der Waals surface area contributed by atoms with Gasteiger partial charge in [-0.3, -0.25) is 9.59 Å². The molecule has 1 amide bonds. The number of ether oxygens (including phenoxy) is 2. The first-order valence-electron chi connectivity index (χ1n) is 8.95. The highest BCUT2D eigenvalue weighted by Gasteiger charge is 2.21. The zero-order valence-electron chi connectivity index (χ0n) is 16.5. The number of nitrogens with one attached hydrogen (secondary N) is 2. The van der Waals surface area contributed by atoms with E-state index >= 15 is 0 Å². The molecule has 0 aliphatic carbocycles. The predicted molar refractivity (Wildman–Crippen MR) is 106 cm³/mol. The zero-order chi connectivity index (χ0) is 20.3. The molecule has 0 aliphatic heterocycles. The highest BCUT2D eigenvalue weighted by molar-refractivity contribution is 6.07. The van der Waals surface area contributed by atoms with E-state index in [9.17, 15) is 9.59 Å². The van der Waals surface area contributed by atoms with Crippen molar-refractivity contribution >= 4 is 16.9 Å². The van der Waals surface area contributed by atoms with Crippen molar-refractivity contribution in [1.82, 2.24) is 19.9 Å². The molecule has 3 aromatic heterocycles. The summed E-state index contributed by atoms with van der Waals surface area (Å²) in [6.07, 6.45) is 1.70. The van der Waals surface area contributed by atoms with E-state index in [1.807, 2.05) is 17.6 Å². The molecule has 0 atom stereocenters. The summed E-state index contributed by atoms with van der Waals surface area (Å²) in [5, 5.41) is 3.60. The summed E-state index contributed by atoms with van der Waals surface area (Å²) in [4.78, 5) is 32.4. The molecule has 0 unspecified atom stereocenters. The first-order chi connectivity index (χ1) is 13.5. The minimum atomic E-state index is -0.280. The van der Waals surface area contributed by atoms with Crippen molar-refractivity contribution in [2.24, 2.45) is 0 Å². The Balaban J connectivity index is 1.93. The molecule has 2 N–H and O–H groups in total. The normalized spacial score (nSPS) is 11.0. The van der Waals surface area contributed by atoms with E-state index in [2.05, 4.69) is 15.3 Å². The van der Waals surface area contributed by atoms with E-state index < -0.39 is 0 Å². The maximum atomic E-state index is 13.0. The number of methoxy groups -OCH3 is 2. The van der Waals surface area contributed by atoms with E-state index in [1.165, 1.54) is 7.11 Å². The third kappa shape index (κ3) is 3.63. The lowest BCUT2D eigenvalue weighted by Gasteiger charge is -2.10. The molecule has 0 fully saturated rings. The Kier molecular flexibility index (Phi) is 5.79. The molecule has 3 rings (SSSR count). The monoisotopic (exact) mass is 384 g/mol. The van der Waals surface area contributed by atoms with Crippen molar-refractivity contribution in [3.8, 4) is 5.75 Å². The third-order valence-corrected chi connectivity index (χ3v) is 4.70. The summed E-state index contributed by atoms with van der Waals surface area (Å²) in [7, 11) is 3.13. The van der Waals surface area contributed by atoms with Crippen LogP contribution >= 0.6 is 0 Å². The van der Waals surface area contributed by atoms with E-state index in [1.54, 1.807) is 32.4 Å². The maximum absolute atomic E-state index is 13.0. The summed E-state index contributed by atoms with van der Waals surface area (Å²) in [6, 6.07) is 5.40. The molecular formula is C20H24N4O4. The van der Waals surface area contributed by atoms with Crippen LogP contribution in [0.5, 0.6) is 5.75 Å². The van der Waals surface area contributed by atoms with Gasteiger partial charge in [0, 0.05) is 36.6 Å². The van der Waals surface area contributed by atoms with Crippen LogP contribution < -0.4 is 15.6 Å². The first-order valence-corrected chi connectivity index (χ1v) is 8.95. The van der Waals surface area contributed by atoms with Gasteiger partial charge in [-0.2, -0.15) is 0 Å². The minimum Gasteiger partial charge on any atom is -0.496 e. The number of nitrogens with zero attached hydrogens (tertiary/aromatic N) is 2. The van der Waals surface area contributed by atoms with Crippen LogP contribution in [0.4, 0.5) is 0 Å². The van der Waals surface area contributed by atoms with Crippen molar-refractivity contribution < 1.29 is 14.3 Å². The Hall–Kier alpha value is -3.13. The number of hydrogen-bond donors (Lipinski definition) is 2. The number of aromatic amines is 1. The molecular weight excluding hydrogens is 360 g/mol. The fraction of sp³-hybridized carbons (Fsp3) is 0.350. The number of aromatic nitrogens is 3. The molecule has 0 saturated carbocycles. The van der Waals surface area contributed by atoms with Gasteiger partial charge >= 0.3 is 0 Å². The van der Waals surface area contributed by atoms with Crippen LogP contribution in [0.2, 0.25) is 0 Å². The number of carbonyl (C=O) groups is 1.